The highest BCUT2D eigenvalue weighted by atomic mass is 16.6. The van der Waals surface area contributed by atoms with Gasteiger partial charge < -0.3 is 19.5 Å². The second-order valence-corrected chi connectivity index (χ2v) is 6.41. The summed E-state index contributed by atoms with van der Waals surface area (Å²) >= 11 is 0. The lowest BCUT2D eigenvalue weighted by atomic mass is 10.2. The average Bonchev–Trinajstić information content (AvgIpc) is 3.20. The largest absolute Gasteiger partial charge is 0.449 e. The summed E-state index contributed by atoms with van der Waals surface area (Å²) in [7, 11) is 2.02. The van der Waals surface area contributed by atoms with E-state index in [1.54, 1.807) is 11.2 Å². The molecule has 7 heteroatoms. The number of aromatic amines is 1. The molecule has 1 N–H and O–H groups in total. The molecular formula is C16H23N5O2. The Morgan fingerprint density at radius 3 is 3.13 bits per heavy atom. The molecule has 1 saturated heterocycles. The van der Waals surface area contributed by atoms with Gasteiger partial charge in [0.15, 0.2) is 0 Å². The molecule has 1 aliphatic rings. The number of fused-ring (bicyclic) bond motifs is 1. The van der Waals surface area contributed by atoms with Crippen molar-refractivity contribution in [1.82, 2.24) is 19.9 Å². The van der Waals surface area contributed by atoms with Gasteiger partial charge >= 0.3 is 6.09 Å². The molecule has 0 aromatic carbocycles. The molecule has 0 radical (unpaired) electrons. The average molecular weight is 317 g/mol. The highest BCUT2D eigenvalue weighted by Gasteiger charge is 2.31. The summed E-state index contributed by atoms with van der Waals surface area (Å²) in [6.07, 6.45) is 4.11. The fourth-order valence-electron chi connectivity index (χ4n) is 2.87. The van der Waals surface area contributed by atoms with E-state index in [1.807, 2.05) is 33.2 Å². The van der Waals surface area contributed by atoms with E-state index >= 15 is 0 Å². The maximum atomic E-state index is 12.1. The Bertz CT molecular complexity index is 684. The monoisotopic (exact) mass is 317 g/mol. The van der Waals surface area contributed by atoms with Crippen molar-refractivity contribution in [2.75, 3.05) is 31.6 Å². The van der Waals surface area contributed by atoms with Gasteiger partial charge in [-0.3, -0.25) is 0 Å². The van der Waals surface area contributed by atoms with Crippen molar-refractivity contribution in [2.24, 2.45) is 5.92 Å². The van der Waals surface area contributed by atoms with Gasteiger partial charge in [0.1, 0.15) is 17.8 Å². The van der Waals surface area contributed by atoms with Gasteiger partial charge in [0, 0.05) is 32.4 Å². The number of hydrogen-bond donors (Lipinski definition) is 1. The molecule has 3 rings (SSSR count). The molecule has 1 aliphatic heterocycles. The van der Waals surface area contributed by atoms with Crippen LogP contribution in [0.4, 0.5) is 10.6 Å². The van der Waals surface area contributed by atoms with E-state index in [4.69, 9.17) is 4.74 Å². The number of carbonyl (C=O) groups excluding carboxylic acids is 1. The predicted molar refractivity (Wildman–Crippen MR) is 88.5 cm³/mol. The minimum Gasteiger partial charge on any atom is -0.449 e. The van der Waals surface area contributed by atoms with Crippen LogP contribution in [-0.2, 0) is 4.74 Å². The van der Waals surface area contributed by atoms with Crippen molar-refractivity contribution in [3.63, 3.8) is 0 Å². The first-order chi connectivity index (χ1) is 11.1. The molecule has 1 amide bonds. The fourth-order valence-corrected chi connectivity index (χ4v) is 2.87. The molecule has 124 valence electrons. The third-order valence-electron chi connectivity index (χ3n) is 4.18. The molecule has 2 aromatic rings. The quantitative estimate of drug-likeness (QED) is 0.936. The van der Waals surface area contributed by atoms with Crippen LogP contribution in [0.25, 0.3) is 11.0 Å². The SMILES string of the molecule is CC(C)COC(=O)N1CCC(N(C)c2ncnc3[nH]ccc23)C1. The first-order valence-corrected chi connectivity index (χ1v) is 7.99. The van der Waals surface area contributed by atoms with Gasteiger partial charge in [0.2, 0.25) is 0 Å². The lowest BCUT2D eigenvalue weighted by Crippen LogP contribution is -2.37. The Kier molecular flexibility index (Phi) is 4.36. The van der Waals surface area contributed by atoms with Crippen LogP contribution >= 0.6 is 0 Å². The Morgan fingerprint density at radius 1 is 1.52 bits per heavy atom. The van der Waals surface area contributed by atoms with Crippen molar-refractivity contribution in [2.45, 2.75) is 26.3 Å². The number of rotatable bonds is 4. The van der Waals surface area contributed by atoms with Crippen LogP contribution in [-0.4, -0.2) is 58.7 Å². The summed E-state index contributed by atoms with van der Waals surface area (Å²) in [6.45, 7) is 5.90. The number of nitrogens with one attached hydrogen (secondary N) is 1. The van der Waals surface area contributed by atoms with Gasteiger partial charge in [-0.15, -0.1) is 0 Å². The Morgan fingerprint density at radius 2 is 2.35 bits per heavy atom. The van der Waals surface area contributed by atoms with E-state index in [0.29, 0.717) is 25.6 Å². The van der Waals surface area contributed by atoms with Crippen LogP contribution in [0.3, 0.4) is 0 Å². The first-order valence-electron chi connectivity index (χ1n) is 7.99. The molecule has 1 fully saturated rings. The fraction of sp³-hybridized carbons (Fsp3) is 0.562. The summed E-state index contributed by atoms with van der Waals surface area (Å²) in [5.41, 5.74) is 0.827. The lowest BCUT2D eigenvalue weighted by Gasteiger charge is -2.26. The van der Waals surface area contributed by atoms with Gasteiger partial charge in [0.05, 0.1) is 12.0 Å². The van der Waals surface area contributed by atoms with Gasteiger partial charge in [-0.1, -0.05) is 13.8 Å². The number of aromatic nitrogens is 3. The number of hydrogen-bond acceptors (Lipinski definition) is 5. The van der Waals surface area contributed by atoms with Crippen molar-refractivity contribution < 1.29 is 9.53 Å². The number of likely N-dealkylation sites (N-methyl/N-ethyl adjacent to an activating group) is 1. The zero-order valence-corrected chi connectivity index (χ0v) is 13.8. The van der Waals surface area contributed by atoms with Crippen LogP contribution in [0.15, 0.2) is 18.6 Å². The highest BCUT2D eigenvalue weighted by Crippen LogP contribution is 2.26. The number of carbonyl (C=O) groups is 1. The summed E-state index contributed by atoms with van der Waals surface area (Å²) in [6, 6.07) is 2.21. The standard InChI is InChI=1S/C16H23N5O2/c1-11(2)9-23-16(22)21-7-5-12(8-21)20(3)15-13-4-6-17-14(13)18-10-19-15/h4,6,10-12H,5,7-9H2,1-3H3,(H,17,18,19). The van der Waals surface area contributed by atoms with Crippen molar-refractivity contribution in [3.8, 4) is 0 Å². The number of H-pyrrole nitrogens is 1. The van der Waals surface area contributed by atoms with Crippen LogP contribution < -0.4 is 4.90 Å². The molecule has 7 nitrogen and oxygen atoms in total. The lowest BCUT2D eigenvalue weighted by molar-refractivity contribution is 0.0991. The maximum Gasteiger partial charge on any atom is 0.409 e. The molecule has 0 spiro atoms. The van der Waals surface area contributed by atoms with Gasteiger partial charge in [-0.05, 0) is 18.4 Å². The Balaban J connectivity index is 1.67. The normalized spacial score (nSPS) is 17.9. The van der Waals surface area contributed by atoms with Gasteiger partial charge in [0.25, 0.3) is 0 Å². The first kappa shape index (κ1) is 15.6. The zero-order valence-electron chi connectivity index (χ0n) is 13.8. The van der Waals surface area contributed by atoms with Crippen LogP contribution in [0.1, 0.15) is 20.3 Å². The second-order valence-electron chi connectivity index (χ2n) is 6.41. The highest BCUT2D eigenvalue weighted by molar-refractivity contribution is 5.87. The Hall–Kier alpha value is -2.31. The van der Waals surface area contributed by atoms with E-state index in [1.165, 1.54) is 0 Å². The van der Waals surface area contributed by atoms with E-state index in [2.05, 4.69) is 19.9 Å². The van der Waals surface area contributed by atoms with Gasteiger partial charge in [-0.25, -0.2) is 14.8 Å². The van der Waals surface area contributed by atoms with E-state index in [-0.39, 0.29) is 12.1 Å². The molecule has 0 bridgehead atoms. The predicted octanol–water partition coefficient (Wildman–Crippen LogP) is 2.26. The molecule has 1 atom stereocenters. The summed E-state index contributed by atoms with van der Waals surface area (Å²) in [4.78, 5) is 27.7. The molecule has 0 aliphatic carbocycles. The van der Waals surface area contributed by atoms with E-state index in [9.17, 15) is 4.79 Å². The summed E-state index contributed by atoms with van der Waals surface area (Å²) in [5, 5.41) is 0.996. The van der Waals surface area contributed by atoms with Crippen LogP contribution in [0.2, 0.25) is 0 Å². The number of amides is 1. The van der Waals surface area contributed by atoms with Gasteiger partial charge in [-0.2, -0.15) is 0 Å². The topological polar surface area (TPSA) is 74.3 Å². The molecule has 2 aromatic heterocycles. The molecule has 0 saturated carbocycles. The minimum atomic E-state index is -0.218. The molecular weight excluding hydrogens is 294 g/mol. The number of nitrogens with zero attached hydrogens (tertiary/aromatic N) is 4. The second kappa shape index (κ2) is 6.44. The van der Waals surface area contributed by atoms with E-state index in [0.717, 1.165) is 23.3 Å². The number of ether oxygens (including phenoxy) is 1. The number of anilines is 1. The van der Waals surface area contributed by atoms with Crippen molar-refractivity contribution >= 4 is 22.9 Å². The van der Waals surface area contributed by atoms with Crippen LogP contribution in [0, 0.1) is 5.92 Å². The minimum absolute atomic E-state index is 0.218. The van der Waals surface area contributed by atoms with Crippen LogP contribution in [0.5, 0.6) is 0 Å². The van der Waals surface area contributed by atoms with E-state index < -0.39 is 0 Å². The summed E-state index contributed by atoms with van der Waals surface area (Å²) < 4.78 is 5.32. The zero-order chi connectivity index (χ0) is 16.4. The number of likely N-dealkylation sites (tertiary alicyclic amines) is 1. The molecule has 3 heterocycles. The Labute approximate surface area is 135 Å². The summed E-state index contributed by atoms with van der Waals surface area (Å²) in [5.74, 6) is 1.24. The maximum absolute atomic E-state index is 12.1. The molecule has 23 heavy (non-hydrogen) atoms. The third-order valence-corrected chi connectivity index (χ3v) is 4.18. The third kappa shape index (κ3) is 3.23. The smallest absolute Gasteiger partial charge is 0.409 e. The molecule has 1 unspecified atom stereocenters. The van der Waals surface area contributed by atoms with Crippen molar-refractivity contribution in [3.05, 3.63) is 18.6 Å². The van der Waals surface area contributed by atoms with Crippen molar-refractivity contribution in [1.29, 1.82) is 0 Å².